The van der Waals surface area contributed by atoms with Crippen LogP contribution in [0, 0.1) is 17.6 Å². The SMILES string of the molecule is CC.C[Si](C)(C)Oc1ccc([C@@H](Nc2ccc(F)cc2)[C@@H](CC[C@H](O[Si](C)(C)C)c2ccccc2F)C(=O)N2C(=O)OC[C@@H]2c2ccccc2)cc1. The van der Waals surface area contributed by atoms with Gasteiger partial charge in [-0.15, -0.1) is 0 Å². The van der Waals surface area contributed by atoms with Gasteiger partial charge in [0.05, 0.1) is 18.1 Å². The average Bonchev–Trinajstić information content (AvgIpc) is 3.50. The zero-order valence-electron chi connectivity index (χ0n) is 31.5. The van der Waals surface area contributed by atoms with Crippen molar-refractivity contribution in [2.24, 2.45) is 5.92 Å². The molecule has 4 aromatic rings. The van der Waals surface area contributed by atoms with E-state index in [-0.39, 0.29) is 18.8 Å². The molecule has 11 heteroatoms. The molecule has 0 aromatic heterocycles. The molecule has 0 spiro atoms. The maximum Gasteiger partial charge on any atom is 0.417 e. The number of carbonyl (C=O) groups is 2. The first kappa shape index (κ1) is 40.4. The molecule has 52 heavy (non-hydrogen) atoms. The van der Waals surface area contributed by atoms with Gasteiger partial charge in [0, 0.05) is 11.3 Å². The predicted molar refractivity (Wildman–Crippen MR) is 208 cm³/mol. The molecule has 1 N–H and O–H groups in total. The number of ether oxygens (including phenoxy) is 1. The Kier molecular flexibility index (Phi) is 14.0. The Bertz CT molecular complexity index is 1750. The second-order valence-corrected chi connectivity index (χ2v) is 23.4. The van der Waals surface area contributed by atoms with Crippen LogP contribution in [-0.4, -0.2) is 40.1 Å². The Morgan fingerprint density at radius 3 is 2.04 bits per heavy atom. The van der Waals surface area contributed by atoms with Crippen LogP contribution in [0.4, 0.5) is 19.3 Å². The summed E-state index contributed by atoms with van der Waals surface area (Å²) in [6.45, 7) is 16.4. The molecule has 0 bridgehead atoms. The van der Waals surface area contributed by atoms with Crippen molar-refractivity contribution in [1.82, 2.24) is 4.90 Å². The topological polar surface area (TPSA) is 77.1 Å². The first-order valence-electron chi connectivity index (χ1n) is 18.0. The smallest absolute Gasteiger partial charge is 0.417 e. The number of halogens is 2. The van der Waals surface area contributed by atoms with Gasteiger partial charge in [0.1, 0.15) is 30.0 Å². The maximum atomic E-state index is 15.3. The van der Waals surface area contributed by atoms with E-state index in [1.165, 1.54) is 23.1 Å². The quantitative estimate of drug-likeness (QED) is 0.129. The number of carbonyl (C=O) groups excluding carboxylic acids is 2. The molecular weight excluding hydrogens is 695 g/mol. The van der Waals surface area contributed by atoms with Gasteiger partial charge < -0.3 is 18.9 Å². The molecule has 5 rings (SSSR count). The number of nitrogens with one attached hydrogen (secondary N) is 1. The summed E-state index contributed by atoms with van der Waals surface area (Å²) in [4.78, 5) is 29.5. The van der Waals surface area contributed by atoms with Crippen molar-refractivity contribution in [1.29, 1.82) is 0 Å². The maximum absolute atomic E-state index is 15.3. The van der Waals surface area contributed by atoms with Gasteiger partial charge in [0.2, 0.25) is 14.2 Å². The lowest BCUT2D eigenvalue weighted by Crippen LogP contribution is -2.42. The lowest BCUT2D eigenvalue weighted by Gasteiger charge is -2.34. The van der Waals surface area contributed by atoms with Crippen LogP contribution in [0.2, 0.25) is 39.3 Å². The number of benzene rings is 4. The molecule has 2 amide bonds. The van der Waals surface area contributed by atoms with Crippen molar-refractivity contribution in [3.63, 3.8) is 0 Å². The molecular formula is C41H52F2N2O5Si2. The number of hydrogen-bond donors (Lipinski definition) is 1. The number of anilines is 1. The van der Waals surface area contributed by atoms with Gasteiger partial charge >= 0.3 is 6.09 Å². The van der Waals surface area contributed by atoms with Crippen molar-refractivity contribution >= 4 is 34.3 Å². The highest BCUT2D eigenvalue weighted by Crippen LogP contribution is 2.39. The van der Waals surface area contributed by atoms with Gasteiger partial charge in [0.25, 0.3) is 0 Å². The molecule has 0 aliphatic carbocycles. The van der Waals surface area contributed by atoms with Crippen molar-refractivity contribution in [2.75, 3.05) is 11.9 Å². The van der Waals surface area contributed by atoms with Crippen LogP contribution in [0.25, 0.3) is 0 Å². The number of nitrogens with zero attached hydrogens (tertiary/aromatic N) is 1. The van der Waals surface area contributed by atoms with Gasteiger partial charge in [-0.1, -0.05) is 74.5 Å². The van der Waals surface area contributed by atoms with E-state index in [0.29, 0.717) is 23.4 Å². The fourth-order valence-corrected chi connectivity index (χ4v) is 8.15. The van der Waals surface area contributed by atoms with E-state index in [9.17, 15) is 14.0 Å². The number of cyclic esters (lactones) is 1. The third-order valence-corrected chi connectivity index (χ3v) is 10.2. The standard InChI is InChI=1S/C39H46F2N2O5Si2.C2H6/c1-49(2,3)47-31-22-16-28(17-23-31)37(42-30-20-18-29(40)19-21-30)33(24-25-36(48-50(4,5)6)32-14-10-11-15-34(32)41)38(44)43-35(26-46-39(43)45)27-12-8-7-9-13-27;1-2/h7-23,33,35-37,42H,24-26H2,1-6H3;1-2H3/t33-,35-,36+,37-;/m1./s1. The number of amides is 2. The molecule has 0 unspecified atom stereocenters. The monoisotopic (exact) mass is 746 g/mol. The fourth-order valence-electron chi connectivity index (χ4n) is 6.21. The van der Waals surface area contributed by atoms with E-state index in [1.54, 1.807) is 30.3 Å². The summed E-state index contributed by atoms with van der Waals surface area (Å²) >= 11 is 0. The van der Waals surface area contributed by atoms with Crippen LogP contribution < -0.4 is 9.74 Å². The molecule has 1 fully saturated rings. The molecule has 278 valence electrons. The fraction of sp³-hybridized carbons (Fsp3) is 0.366. The van der Waals surface area contributed by atoms with Crippen molar-refractivity contribution in [2.45, 2.75) is 84.2 Å². The Labute approximate surface area is 309 Å². The van der Waals surface area contributed by atoms with Crippen LogP contribution in [-0.2, 0) is 14.0 Å². The molecule has 1 aliphatic rings. The molecule has 0 saturated carbocycles. The largest absolute Gasteiger partial charge is 0.544 e. The number of rotatable bonds is 14. The minimum absolute atomic E-state index is 0.0245. The van der Waals surface area contributed by atoms with E-state index in [0.717, 1.165) is 11.1 Å². The summed E-state index contributed by atoms with van der Waals surface area (Å²) in [5, 5.41) is 3.48. The van der Waals surface area contributed by atoms with Crippen LogP contribution in [0.15, 0.2) is 103 Å². The summed E-state index contributed by atoms with van der Waals surface area (Å²) in [7, 11) is -4.10. The molecule has 7 nitrogen and oxygen atoms in total. The molecule has 1 heterocycles. The minimum atomic E-state index is -2.20. The predicted octanol–water partition coefficient (Wildman–Crippen LogP) is 11.1. The highest BCUT2D eigenvalue weighted by Gasteiger charge is 2.44. The Balaban J connectivity index is 0.00000297. The lowest BCUT2D eigenvalue weighted by molar-refractivity contribution is -0.134. The van der Waals surface area contributed by atoms with E-state index < -0.39 is 58.6 Å². The Morgan fingerprint density at radius 2 is 1.44 bits per heavy atom. The van der Waals surface area contributed by atoms with Crippen molar-refractivity contribution < 1.29 is 32.0 Å². The van der Waals surface area contributed by atoms with E-state index in [1.807, 2.05) is 88.1 Å². The van der Waals surface area contributed by atoms with Crippen molar-refractivity contribution in [3.05, 3.63) is 131 Å². The number of hydrogen-bond acceptors (Lipinski definition) is 6. The zero-order chi connectivity index (χ0) is 38.1. The average molecular weight is 747 g/mol. The highest BCUT2D eigenvalue weighted by molar-refractivity contribution is 6.70. The molecule has 4 aromatic carbocycles. The normalized spacial score (nSPS) is 16.2. The second kappa shape index (κ2) is 17.9. The molecule has 4 atom stereocenters. The van der Waals surface area contributed by atoms with Crippen molar-refractivity contribution in [3.8, 4) is 5.75 Å². The van der Waals surface area contributed by atoms with E-state index in [4.69, 9.17) is 13.6 Å². The lowest BCUT2D eigenvalue weighted by atomic mass is 9.85. The molecule has 1 saturated heterocycles. The third kappa shape index (κ3) is 11.1. The first-order chi connectivity index (χ1) is 24.7. The van der Waals surface area contributed by atoms with Crippen LogP contribution in [0.5, 0.6) is 5.75 Å². The minimum Gasteiger partial charge on any atom is -0.544 e. The highest BCUT2D eigenvalue weighted by atomic mass is 28.4. The van der Waals surface area contributed by atoms with Gasteiger partial charge in [-0.05, 0) is 106 Å². The Hall–Kier alpha value is -4.33. The van der Waals surface area contributed by atoms with Crippen LogP contribution in [0.1, 0.15) is 61.6 Å². The third-order valence-electron chi connectivity index (χ3n) is 8.33. The zero-order valence-corrected chi connectivity index (χ0v) is 33.5. The second-order valence-electron chi connectivity index (χ2n) is 14.5. The first-order valence-corrected chi connectivity index (χ1v) is 24.8. The summed E-state index contributed by atoms with van der Waals surface area (Å²) in [5.74, 6) is -1.37. The van der Waals surface area contributed by atoms with Gasteiger partial charge in [-0.25, -0.2) is 18.5 Å². The van der Waals surface area contributed by atoms with Gasteiger partial charge in [-0.2, -0.15) is 0 Å². The van der Waals surface area contributed by atoms with Crippen LogP contribution >= 0.6 is 0 Å². The summed E-state index contributed by atoms with van der Waals surface area (Å²) in [5.41, 5.74) is 2.53. The van der Waals surface area contributed by atoms with Crippen LogP contribution in [0.3, 0.4) is 0 Å². The van der Waals surface area contributed by atoms with Gasteiger partial charge in [0.15, 0.2) is 8.32 Å². The van der Waals surface area contributed by atoms with E-state index >= 15 is 4.39 Å². The summed E-state index contributed by atoms with van der Waals surface area (Å²) in [6.07, 6.45) is -0.844. The van der Waals surface area contributed by atoms with Gasteiger partial charge in [-0.3, -0.25) is 4.79 Å². The van der Waals surface area contributed by atoms with E-state index in [2.05, 4.69) is 25.0 Å². The Morgan fingerprint density at radius 1 is 0.827 bits per heavy atom. The molecule has 0 radical (unpaired) electrons. The number of imide groups is 1. The summed E-state index contributed by atoms with van der Waals surface area (Å²) in [6, 6.07) is 28.0. The summed E-state index contributed by atoms with van der Waals surface area (Å²) < 4.78 is 47.5. The molecule has 1 aliphatic heterocycles.